The molecule has 2 aliphatic heterocycles. The molecule has 5 rings (SSSR count). The first kappa shape index (κ1) is 35.3. The number of hydrogen-bond donors (Lipinski definition) is 1. The minimum atomic E-state index is -0.116. The fourth-order valence-corrected chi connectivity index (χ4v) is 5.86. The van der Waals surface area contributed by atoms with Crippen molar-refractivity contribution in [3.05, 3.63) is 132 Å². The lowest BCUT2D eigenvalue weighted by atomic mass is 9.92. The third kappa shape index (κ3) is 9.92. The molecule has 1 atom stereocenters. The number of piperazine rings is 1. The van der Waals surface area contributed by atoms with Crippen molar-refractivity contribution < 1.29 is 14.0 Å². The summed E-state index contributed by atoms with van der Waals surface area (Å²) in [6, 6.07) is 21.5. The first-order chi connectivity index (χ1) is 21.8. The topological polar surface area (TPSA) is 44.7 Å². The number of allylic oxidation sites excluding steroid dienone is 2. The zero-order valence-electron chi connectivity index (χ0n) is 27.8. The Labute approximate surface area is 270 Å². The highest BCUT2D eigenvalue weighted by atomic mass is 19.1. The van der Waals surface area contributed by atoms with Crippen molar-refractivity contribution >= 4 is 17.5 Å². The molecule has 0 saturated carbocycles. The summed E-state index contributed by atoms with van der Waals surface area (Å²) in [5.41, 5.74) is 14.1. The number of rotatable bonds is 8. The van der Waals surface area contributed by atoms with E-state index < -0.39 is 0 Å². The number of halogens is 1. The van der Waals surface area contributed by atoms with Crippen LogP contribution >= 0.6 is 0 Å². The monoisotopic (exact) mass is 611 g/mol. The highest BCUT2D eigenvalue weighted by Crippen LogP contribution is 2.27. The van der Waals surface area contributed by atoms with Crippen molar-refractivity contribution in [3.63, 3.8) is 0 Å². The SMILES string of the molecule is C=C.C=CN.CCCC(C)/[N+]1=C/C=C(/Cc2ccc(CN3CCN(c4ccc(C)cc4F)CC3)cc2)c2cccc(c2C)CO1. The molecule has 1 saturated heterocycles. The van der Waals surface area contributed by atoms with E-state index in [2.05, 4.69) is 111 Å². The number of benzene rings is 3. The van der Waals surface area contributed by atoms with Gasteiger partial charge in [0.25, 0.3) is 0 Å². The first-order valence-corrected chi connectivity index (χ1v) is 16.0. The van der Waals surface area contributed by atoms with Gasteiger partial charge in [0.2, 0.25) is 6.21 Å². The molecular formula is C39H52FN4O+. The second-order valence-corrected chi connectivity index (χ2v) is 11.6. The molecule has 1 unspecified atom stereocenters. The van der Waals surface area contributed by atoms with Crippen LogP contribution in [0.15, 0.2) is 92.7 Å². The number of hydrogen-bond acceptors (Lipinski definition) is 4. The van der Waals surface area contributed by atoms with E-state index in [1.54, 1.807) is 6.07 Å². The Morgan fingerprint density at radius 2 is 1.67 bits per heavy atom. The molecule has 2 bridgehead atoms. The smallest absolute Gasteiger partial charge is 0.216 e. The van der Waals surface area contributed by atoms with Crippen molar-refractivity contribution in [2.45, 2.75) is 66.2 Å². The molecule has 6 heteroatoms. The first-order valence-electron chi connectivity index (χ1n) is 16.0. The molecule has 2 N–H and O–H groups in total. The van der Waals surface area contributed by atoms with Gasteiger partial charge in [0.15, 0.2) is 12.6 Å². The van der Waals surface area contributed by atoms with Crippen LogP contribution in [0.5, 0.6) is 0 Å². The van der Waals surface area contributed by atoms with Crippen molar-refractivity contribution in [1.29, 1.82) is 0 Å². The van der Waals surface area contributed by atoms with Crippen LogP contribution < -0.4 is 10.6 Å². The van der Waals surface area contributed by atoms with Crippen LogP contribution in [0.2, 0.25) is 0 Å². The van der Waals surface area contributed by atoms with Crippen LogP contribution in [0.25, 0.3) is 5.57 Å². The summed E-state index contributed by atoms with van der Waals surface area (Å²) in [6.07, 6.45) is 8.72. The maximum atomic E-state index is 14.4. The predicted octanol–water partition coefficient (Wildman–Crippen LogP) is 8.00. The van der Waals surface area contributed by atoms with E-state index in [4.69, 9.17) is 4.84 Å². The number of aryl methyl sites for hydroxylation is 1. The van der Waals surface area contributed by atoms with E-state index in [-0.39, 0.29) is 5.82 Å². The van der Waals surface area contributed by atoms with Gasteiger partial charge in [-0.3, -0.25) is 9.74 Å². The maximum Gasteiger partial charge on any atom is 0.216 e. The molecule has 0 aliphatic carbocycles. The molecule has 0 radical (unpaired) electrons. The number of hydroxylamine groups is 1. The fourth-order valence-electron chi connectivity index (χ4n) is 5.86. The quantitative estimate of drug-likeness (QED) is 0.207. The Kier molecular flexibility index (Phi) is 14.1. The molecule has 0 aromatic heterocycles. The van der Waals surface area contributed by atoms with Gasteiger partial charge in [0.05, 0.1) is 5.69 Å². The van der Waals surface area contributed by atoms with Crippen molar-refractivity contribution in [1.82, 2.24) is 4.90 Å². The summed E-state index contributed by atoms with van der Waals surface area (Å²) in [5.74, 6) is -0.116. The lowest BCUT2D eigenvalue weighted by Crippen LogP contribution is -2.46. The number of anilines is 1. The molecule has 1 fully saturated rings. The van der Waals surface area contributed by atoms with E-state index in [9.17, 15) is 4.39 Å². The molecule has 5 nitrogen and oxygen atoms in total. The summed E-state index contributed by atoms with van der Waals surface area (Å²) in [7, 11) is 0. The van der Waals surface area contributed by atoms with Gasteiger partial charge in [-0.1, -0.05) is 62.0 Å². The molecule has 0 spiro atoms. The summed E-state index contributed by atoms with van der Waals surface area (Å²) in [5, 5.41) is 0. The Morgan fingerprint density at radius 3 is 2.31 bits per heavy atom. The molecular weight excluding hydrogens is 559 g/mol. The van der Waals surface area contributed by atoms with Gasteiger partial charge >= 0.3 is 0 Å². The van der Waals surface area contributed by atoms with Crippen LogP contribution in [0.4, 0.5) is 10.1 Å². The highest BCUT2D eigenvalue weighted by Gasteiger charge is 2.21. The second-order valence-electron chi connectivity index (χ2n) is 11.6. The number of nitrogens with zero attached hydrogens (tertiary/aromatic N) is 3. The maximum absolute atomic E-state index is 14.4. The standard InChI is InChI=1S/C35H43FN3O.C2H5N.C2H4/c1-5-7-27(3)39-17-16-31(33-9-6-8-32(25-40-39)28(33)4)23-29-11-13-30(14-12-29)24-37-18-20-38(21-19-37)35-15-10-26(2)22-34(35)36;1-2-3;1-2/h6,8-17,22,27H,5,7,18-21,23-25H2,1-4H3;2H,1,3H2;1-2H2/q+1;;/b31-16-,39-17-;;. The van der Waals surface area contributed by atoms with E-state index in [1.807, 2.05) is 23.8 Å². The average molecular weight is 612 g/mol. The van der Waals surface area contributed by atoms with E-state index in [1.165, 1.54) is 39.6 Å². The summed E-state index contributed by atoms with van der Waals surface area (Å²) in [6.45, 7) is 22.8. The van der Waals surface area contributed by atoms with Crippen LogP contribution in [0.3, 0.4) is 0 Å². The molecule has 240 valence electrons. The van der Waals surface area contributed by atoms with Gasteiger partial charge in [-0.15, -0.1) is 13.2 Å². The van der Waals surface area contributed by atoms with Gasteiger partial charge < -0.3 is 10.6 Å². The van der Waals surface area contributed by atoms with Crippen LogP contribution in [-0.4, -0.2) is 48.1 Å². The minimum Gasteiger partial charge on any atom is -0.405 e. The van der Waals surface area contributed by atoms with Gasteiger partial charge in [-0.2, -0.15) is 0 Å². The lowest BCUT2D eigenvalue weighted by molar-refractivity contribution is -0.810. The van der Waals surface area contributed by atoms with Crippen molar-refractivity contribution in [2.75, 3.05) is 31.1 Å². The normalized spacial score (nSPS) is 17.6. The second kappa shape index (κ2) is 18.0. The van der Waals surface area contributed by atoms with Gasteiger partial charge in [0, 0.05) is 52.1 Å². The van der Waals surface area contributed by atoms with E-state index >= 15 is 0 Å². The van der Waals surface area contributed by atoms with Crippen LogP contribution in [0, 0.1) is 19.7 Å². The molecule has 45 heavy (non-hydrogen) atoms. The van der Waals surface area contributed by atoms with Crippen molar-refractivity contribution in [3.8, 4) is 0 Å². The molecule has 0 amide bonds. The Bertz CT molecular complexity index is 1440. The number of fused-ring (bicyclic) bond motifs is 2. The zero-order chi connectivity index (χ0) is 32.8. The lowest BCUT2D eigenvalue weighted by Gasteiger charge is -2.36. The average Bonchev–Trinajstić information content (AvgIpc) is 3.06. The Hall–Kier alpha value is -4.16. The highest BCUT2D eigenvalue weighted by molar-refractivity contribution is 5.84. The summed E-state index contributed by atoms with van der Waals surface area (Å²) in [4.78, 5) is 10.9. The molecule has 3 aromatic rings. The molecule has 2 aliphatic rings. The Morgan fingerprint density at radius 1 is 1.00 bits per heavy atom. The molecule has 2 heterocycles. The van der Waals surface area contributed by atoms with Crippen molar-refractivity contribution in [2.24, 2.45) is 5.73 Å². The third-order valence-corrected chi connectivity index (χ3v) is 8.36. The third-order valence-electron chi connectivity index (χ3n) is 8.36. The Balaban J connectivity index is 0.00000104. The van der Waals surface area contributed by atoms with Gasteiger partial charge in [0.1, 0.15) is 5.82 Å². The summed E-state index contributed by atoms with van der Waals surface area (Å²) < 4.78 is 16.5. The predicted molar refractivity (Wildman–Crippen MR) is 189 cm³/mol. The summed E-state index contributed by atoms with van der Waals surface area (Å²) >= 11 is 0. The van der Waals surface area contributed by atoms with Gasteiger partial charge in [-0.05, 0) is 88.7 Å². The van der Waals surface area contributed by atoms with Gasteiger partial charge in [-0.25, -0.2) is 4.39 Å². The van der Waals surface area contributed by atoms with Crippen LogP contribution in [-0.2, 0) is 24.4 Å². The van der Waals surface area contributed by atoms with Crippen LogP contribution in [0.1, 0.15) is 60.1 Å². The van der Waals surface area contributed by atoms with E-state index in [0.717, 1.165) is 63.2 Å². The minimum absolute atomic E-state index is 0.116. The number of nitrogens with two attached hydrogens (primary N) is 1. The largest absolute Gasteiger partial charge is 0.405 e. The fraction of sp³-hybridized carbons (Fsp3) is 0.359. The zero-order valence-corrected chi connectivity index (χ0v) is 27.8. The molecule has 3 aromatic carbocycles. The van der Waals surface area contributed by atoms with E-state index in [0.29, 0.717) is 12.6 Å².